The van der Waals surface area contributed by atoms with Gasteiger partial charge in [0.15, 0.2) is 10.9 Å². The van der Waals surface area contributed by atoms with Crippen LogP contribution in [-0.2, 0) is 4.74 Å². The molecule has 0 unspecified atom stereocenters. The van der Waals surface area contributed by atoms with Crippen molar-refractivity contribution in [3.63, 3.8) is 0 Å². The second-order valence-corrected chi connectivity index (χ2v) is 6.11. The monoisotopic (exact) mass is 375 g/mol. The minimum absolute atomic E-state index is 0.244. The number of halogens is 1. The molecule has 26 heavy (non-hydrogen) atoms. The first-order valence-corrected chi connectivity index (χ1v) is 9.10. The minimum atomic E-state index is -0.473. The zero-order chi connectivity index (χ0) is 18.5. The lowest BCUT2D eigenvalue weighted by atomic mass is 10.2. The van der Waals surface area contributed by atoms with Gasteiger partial charge in [0, 0.05) is 19.4 Å². The summed E-state index contributed by atoms with van der Waals surface area (Å²) >= 11 is 1.44. The van der Waals surface area contributed by atoms with Crippen molar-refractivity contribution < 1.29 is 18.7 Å². The largest absolute Gasteiger partial charge is 0.489 e. The lowest BCUT2D eigenvalue weighted by molar-refractivity contribution is 0.102. The summed E-state index contributed by atoms with van der Waals surface area (Å²) in [4.78, 5) is 17.1. The van der Waals surface area contributed by atoms with E-state index in [0.717, 1.165) is 0 Å². The van der Waals surface area contributed by atoms with Gasteiger partial charge in [-0.1, -0.05) is 17.8 Å². The van der Waals surface area contributed by atoms with Gasteiger partial charge < -0.3 is 14.8 Å². The van der Waals surface area contributed by atoms with Gasteiger partial charge in [0.05, 0.1) is 17.8 Å². The molecule has 136 valence electrons. The first kappa shape index (κ1) is 18.2. The van der Waals surface area contributed by atoms with E-state index in [9.17, 15) is 9.18 Å². The van der Waals surface area contributed by atoms with E-state index < -0.39 is 11.7 Å². The zero-order valence-corrected chi connectivity index (χ0v) is 15.2. The van der Waals surface area contributed by atoms with E-state index >= 15 is 0 Å². The molecule has 1 amide bonds. The second kappa shape index (κ2) is 8.20. The zero-order valence-electron chi connectivity index (χ0n) is 14.4. The van der Waals surface area contributed by atoms with Gasteiger partial charge in [0.25, 0.3) is 5.91 Å². The van der Waals surface area contributed by atoms with Gasteiger partial charge >= 0.3 is 0 Å². The number of ether oxygens (including phenoxy) is 2. The molecule has 0 bridgehead atoms. The molecule has 0 aliphatic rings. The van der Waals surface area contributed by atoms with E-state index in [2.05, 4.69) is 10.3 Å². The van der Waals surface area contributed by atoms with Crippen molar-refractivity contribution in [1.82, 2.24) is 9.38 Å². The van der Waals surface area contributed by atoms with Crippen LogP contribution in [0.5, 0.6) is 5.75 Å². The van der Waals surface area contributed by atoms with Crippen LogP contribution in [-0.4, -0.2) is 41.9 Å². The maximum atomic E-state index is 13.6. The van der Waals surface area contributed by atoms with E-state index in [1.54, 1.807) is 7.11 Å². The molecule has 3 aromatic rings. The third-order valence-corrected chi connectivity index (χ3v) is 4.30. The number of nitrogens with zero attached hydrogens (tertiary/aromatic N) is 2. The number of imidazole rings is 1. The quantitative estimate of drug-likeness (QED) is 0.506. The van der Waals surface area contributed by atoms with Crippen LogP contribution in [0.4, 0.5) is 10.1 Å². The topological polar surface area (TPSA) is 64.9 Å². The molecular formula is C18H18FN3O3S. The van der Waals surface area contributed by atoms with Crippen LogP contribution in [0.25, 0.3) is 5.52 Å². The van der Waals surface area contributed by atoms with Crippen molar-refractivity contribution in [1.29, 1.82) is 0 Å². The van der Waals surface area contributed by atoms with Crippen molar-refractivity contribution in [2.24, 2.45) is 0 Å². The summed E-state index contributed by atoms with van der Waals surface area (Å²) in [7, 11) is 1.56. The molecule has 1 N–H and O–H groups in total. The Morgan fingerprint density at radius 3 is 2.92 bits per heavy atom. The van der Waals surface area contributed by atoms with Gasteiger partial charge in [-0.05, 0) is 30.5 Å². The number of aromatic nitrogens is 2. The predicted molar refractivity (Wildman–Crippen MR) is 98.7 cm³/mol. The highest BCUT2D eigenvalue weighted by Crippen LogP contribution is 2.27. The summed E-state index contributed by atoms with van der Waals surface area (Å²) in [5, 5.41) is 3.39. The molecule has 3 rings (SSSR count). The smallest absolute Gasteiger partial charge is 0.276 e. The molecule has 0 radical (unpaired) electrons. The van der Waals surface area contributed by atoms with E-state index in [4.69, 9.17) is 9.47 Å². The number of anilines is 1. The fourth-order valence-electron chi connectivity index (χ4n) is 2.46. The van der Waals surface area contributed by atoms with Crippen LogP contribution < -0.4 is 10.1 Å². The van der Waals surface area contributed by atoms with Crippen LogP contribution in [0.2, 0.25) is 0 Å². The highest BCUT2D eigenvalue weighted by atomic mass is 32.2. The Morgan fingerprint density at radius 1 is 1.31 bits per heavy atom. The van der Waals surface area contributed by atoms with E-state index in [1.165, 1.54) is 30.0 Å². The number of hydrogen-bond donors (Lipinski definition) is 1. The Balaban J connectivity index is 1.90. The second-order valence-electron chi connectivity index (χ2n) is 5.34. The molecule has 6 nitrogen and oxygen atoms in total. The van der Waals surface area contributed by atoms with Crippen LogP contribution in [0, 0.1) is 5.82 Å². The lowest BCUT2D eigenvalue weighted by Gasteiger charge is -2.12. The fraction of sp³-hybridized carbons (Fsp3) is 0.222. The van der Waals surface area contributed by atoms with Crippen molar-refractivity contribution in [3.05, 3.63) is 54.1 Å². The number of methoxy groups -OCH3 is 1. The van der Waals surface area contributed by atoms with Crippen LogP contribution in [0.1, 0.15) is 10.5 Å². The molecule has 0 atom stereocenters. The third-order valence-electron chi connectivity index (χ3n) is 3.65. The first-order chi connectivity index (χ1) is 12.6. The number of amides is 1. The number of pyridine rings is 1. The molecule has 0 fully saturated rings. The molecular weight excluding hydrogens is 357 g/mol. The van der Waals surface area contributed by atoms with Crippen molar-refractivity contribution in [2.45, 2.75) is 5.16 Å². The average molecular weight is 375 g/mol. The molecule has 2 aromatic heterocycles. The van der Waals surface area contributed by atoms with Crippen LogP contribution >= 0.6 is 11.8 Å². The standard InChI is InChI=1S/C18H18FN3O3S/c1-24-9-10-25-15-7-6-12(19)11-13(15)20-17(23)16-14-5-3-4-8-22(14)18(21-16)26-2/h3-8,11H,9-10H2,1-2H3,(H,20,23). The summed E-state index contributed by atoms with van der Waals surface area (Å²) in [5.74, 6) is -0.541. The molecule has 0 spiro atoms. The number of hydrogen-bond acceptors (Lipinski definition) is 5. The maximum absolute atomic E-state index is 13.6. The molecule has 0 aliphatic heterocycles. The molecule has 0 saturated carbocycles. The lowest BCUT2D eigenvalue weighted by Crippen LogP contribution is -2.15. The Labute approximate surface area is 154 Å². The number of carbonyl (C=O) groups is 1. The Morgan fingerprint density at radius 2 is 2.15 bits per heavy atom. The van der Waals surface area contributed by atoms with Gasteiger partial charge in [-0.15, -0.1) is 0 Å². The summed E-state index contributed by atoms with van der Waals surface area (Å²) in [6, 6.07) is 9.47. The van der Waals surface area contributed by atoms with Crippen LogP contribution in [0.15, 0.2) is 47.8 Å². The van der Waals surface area contributed by atoms with Crippen molar-refractivity contribution in [3.8, 4) is 5.75 Å². The third kappa shape index (κ3) is 3.81. The Kier molecular flexibility index (Phi) is 5.75. The summed E-state index contributed by atoms with van der Waals surface area (Å²) in [5.41, 5.74) is 1.18. The molecule has 0 saturated heterocycles. The summed E-state index contributed by atoms with van der Waals surface area (Å²) in [6.45, 7) is 0.669. The first-order valence-electron chi connectivity index (χ1n) is 7.87. The Bertz CT molecular complexity index is 929. The number of rotatable bonds is 7. The maximum Gasteiger partial charge on any atom is 0.276 e. The molecule has 2 heterocycles. The SMILES string of the molecule is COCCOc1ccc(F)cc1NC(=O)c1nc(SC)n2ccccc12. The van der Waals surface area contributed by atoms with E-state index in [0.29, 0.717) is 23.0 Å². The highest BCUT2D eigenvalue weighted by molar-refractivity contribution is 7.98. The number of carbonyl (C=O) groups excluding carboxylic acids is 1. The van der Waals surface area contributed by atoms with Crippen molar-refractivity contribution in [2.75, 3.05) is 31.9 Å². The average Bonchev–Trinajstić information content (AvgIpc) is 3.02. The van der Waals surface area contributed by atoms with Gasteiger partial charge in [0.2, 0.25) is 0 Å². The highest BCUT2D eigenvalue weighted by Gasteiger charge is 2.18. The molecule has 1 aromatic carbocycles. The number of nitrogens with one attached hydrogen (secondary N) is 1. The van der Waals surface area contributed by atoms with Gasteiger partial charge in [0.1, 0.15) is 18.2 Å². The van der Waals surface area contributed by atoms with Gasteiger partial charge in [-0.3, -0.25) is 9.20 Å². The molecule has 8 heteroatoms. The Hall–Kier alpha value is -2.58. The van der Waals surface area contributed by atoms with Crippen LogP contribution in [0.3, 0.4) is 0 Å². The normalized spacial score (nSPS) is 10.9. The van der Waals surface area contributed by atoms with Gasteiger partial charge in [-0.2, -0.15) is 0 Å². The minimum Gasteiger partial charge on any atom is -0.489 e. The number of benzene rings is 1. The van der Waals surface area contributed by atoms with E-state index in [1.807, 2.05) is 35.1 Å². The van der Waals surface area contributed by atoms with Crippen molar-refractivity contribution >= 4 is 28.9 Å². The summed E-state index contributed by atoms with van der Waals surface area (Å²) in [6.07, 6.45) is 3.73. The summed E-state index contributed by atoms with van der Waals surface area (Å²) < 4.78 is 26.0. The molecule has 0 aliphatic carbocycles. The number of fused-ring (bicyclic) bond motifs is 1. The number of thioether (sulfide) groups is 1. The van der Waals surface area contributed by atoms with Gasteiger partial charge in [-0.25, -0.2) is 9.37 Å². The predicted octanol–water partition coefficient (Wildman–Crippen LogP) is 3.47. The van der Waals surface area contributed by atoms with E-state index in [-0.39, 0.29) is 18.0 Å². The fourth-order valence-corrected chi connectivity index (χ4v) is 3.00.